The Morgan fingerprint density at radius 3 is 2.62 bits per heavy atom. The van der Waals surface area contributed by atoms with Crippen LogP contribution in [0.3, 0.4) is 0 Å². The molecule has 0 heterocycles. The molecule has 0 aliphatic carbocycles. The second-order valence-electron chi connectivity index (χ2n) is 4.58. The van der Waals surface area contributed by atoms with Crippen LogP contribution in [0.15, 0.2) is 29.2 Å². The van der Waals surface area contributed by atoms with E-state index < -0.39 is 6.10 Å². The lowest BCUT2D eigenvalue weighted by Gasteiger charge is -2.20. The van der Waals surface area contributed by atoms with Crippen LogP contribution in [0.4, 0.5) is 0 Å². The SMILES string of the molecule is CCOc1ccc(SCC(=O)N(C)CC(O)COC)cc1. The lowest BCUT2D eigenvalue weighted by molar-refractivity contribution is -0.128. The Hall–Kier alpha value is -1.24. The van der Waals surface area contributed by atoms with Crippen LogP contribution in [0.2, 0.25) is 0 Å². The Kier molecular flexibility index (Phi) is 8.19. The van der Waals surface area contributed by atoms with E-state index in [0.717, 1.165) is 10.6 Å². The zero-order valence-electron chi connectivity index (χ0n) is 12.7. The molecule has 6 heteroatoms. The second kappa shape index (κ2) is 9.65. The molecule has 0 saturated carbocycles. The fourth-order valence-corrected chi connectivity index (χ4v) is 2.56. The van der Waals surface area contributed by atoms with Gasteiger partial charge in [-0.2, -0.15) is 0 Å². The molecule has 1 unspecified atom stereocenters. The summed E-state index contributed by atoms with van der Waals surface area (Å²) in [6.45, 7) is 3.08. The number of methoxy groups -OCH3 is 1. The van der Waals surface area contributed by atoms with Crippen molar-refractivity contribution >= 4 is 17.7 Å². The van der Waals surface area contributed by atoms with Crippen LogP contribution in [0.1, 0.15) is 6.92 Å². The molecule has 1 rings (SSSR count). The van der Waals surface area contributed by atoms with Gasteiger partial charge in [-0.15, -0.1) is 11.8 Å². The first-order valence-electron chi connectivity index (χ1n) is 6.83. The van der Waals surface area contributed by atoms with E-state index in [9.17, 15) is 9.90 Å². The third-order valence-electron chi connectivity index (χ3n) is 2.77. The maximum absolute atomic E-state index is 12.0. The summed E-state index contributed by atoms with van der Waals surface area (Å²) in [5.74, 6) is 1.14. The Balaban J connectivity index is 2.37. The lowest BCUT2D eigenvalue weighted by atomic mass is 10.3. The number of hydrogen-bond acceptors (Lipinski definition) is 5. The monoisotopic (exact) mass is 313 g/mol. The molecule has 118 valence electrons. The van der Waals surface area contributed by atoms with Crippen LogP contribution in [0.25, 0.3) is 0 Å². The fourth-order valence-electron chi connectivity index (χ4n) is 1.72. The molecule has 0 aromatic heterocycles. The quantitative estimate of drug-likeness (QED) is 0.702. The average molecular weight is 313 g/mol. The summed E-state index contributed by atoms with van der Waals surface area (Å²) in [6.07, 6.45) is -0.653. The van der Waals surface area contributed by atoms with Crippen LogP contribution in [-0.2, 0) is 9.53 Å². The molecule has 0 fully saturated rings. The number of aliphatic hydroxyl groups is 1. The lowest BCUT2D eigenvalue weighted by Crippen LogP contribution is -2.37. The summed E-state index contributed by atoms with van der Waals surface area (Å²) < 4.78 is 10.2. The van der Waals surface area contributed by atoms with E-state index in [1.807, 2.05) is 31.2 Å². The van der Waals surface area contributed by atoms with Crippen molar-refractivity contribution in [2.75, 3.05) is 39.7 Å². The standard InChI is InChI=1S/C15H23NO4S/c1-4-20-13-5-7-14(8-6-13)21-11-15(18)16(2)9-12(17)10-19-3/h5-8,12,17H,4,9-11H2,1-3H3. The summed E-state index contributed by atoms with van der Waals surface area (Å²) in [5.41, 5.74) is 0. The Labute approximate surface area is 130 Å². The van der Waals surface area contributed by atoms with Crippen molar-refractivity contribution in [1.29, 1.82) is 0 Å². The van der Waals surface area contributed by atoms with Crippen molar-refractivity contribution in [2.45, 2.75) is 17.9 Å². The van der Waals surface area contributed by atoms with Gasteiger partial charge in [-0.05, 0) is 31.2 Å². The van der Waals surface area contributed by atoms with Gasteiger partial charge in [0.15, 0.2) is 0 Å². The molecular weight excluding hydrogens is 290 g/mol. The van der Waals surface area contributed by atoms with Crippen molar-refractivity contribution in [3.05, 3.63) is 24.3 Å². The van der Waals surface area contributed by atoms with Crippen LogP contribution in [-0.4, -0.2) is 61.7 Å². The van der Waals surface area contributed by atoms with Gasteiger partial charge < -0.3 is 19.5 Å². The number of ether oxygens (including phenoxy) is 2. The summed E-state index contributed by atoms with van der Waals surface area (Å²) in [5, 5.41) is 9.60. The van der Waals surface area contributed by atoms with E-state index in [2.05, 4.69) is 0 Å². The number of amides is 1. The highest BCUT2D eigenvalue weighted by molar-refractivity contribution is 8.00. The zero-order chi connectivity index (χ0) is 15.7. The molecule has 1 N–H and O–H groups in total. The van der Waals surface area contributed by atoms with Crippen LogP contribution in [0.5, 0.6) is 5.75 Å². The Morgan fingerprint density at radius 2 is 2.05 bits per heavy atom. The normalized spacial score (nSPS) is 12.0. The third-order valence-corrected chi connectivity index (χ3v) is 3.76. The first-order valence-corrected chi connectivity index (χ1v) is 7.82. The van der Waals surface area contributed by atoms with Gasteiger partial charge in [0, 0.05) is 25.6 Å². The number of benzene rings is 1. The maximum atomic E-state index is 12.0. The topological polar surface area (TPSA) is 59.0 Å². The summed E-state index contributed by atoms with van der Waals surface area (Å²) in [7, 11) is 3.20. The molecule has 5 nitrogen and oxygen atoms in total. The fraction of sp³-hybridized carbons (Fsp3) is 0.533. The average Bonchev–Trinajstić information content (AvgIpc) is 2.46. The summed E-state index contributed by atoms with van der Waals surface area (Å²) >= 11 is 1.46. The molecule has 0 spiro atoms. The van der Waals surface area contributed by atoms with Gasteiger partial charge in [0.25, 0.3) is 0 Å². The second-order valence-corrected chi connectivity index (χ2v) is 5.63. The van der Waals surface area contributed by atoms with Gasteiger partial charge in [0.1, 0.15) is 5.75 Å². The van der Waals surface area contributed by atoms with E-state index in [1.165, 1.54) is 23.8 Å². The molecule has 21 heavy (non-hydrogen) atoms. The highest BCUT2D eigenvalue weighted by atomic mass is 32.2. The predicted octanol–water partition coefficient (Wildman–Crippen LogP) is 1.64. The zero-order valence-corrected chi connectivity index (χ0v) is 13.6. The van der Waals surface area contributed by atoms with Gasteiger partial charge in [-0.25, -0.2) is 0 Å². The Morgan fingerprint density at radius 1 is 1.38 bits per heavy atom. The Bertz CT molecular complexity index is 424. The number of aliphatic hydroxyl groups excluding tert-OH is 1. The van der Waals surface area contributed by atoms with Crippen LogP contribution < -0.4 is 4.74 Å². The molecule has 0 radical (unpaired) electrons. The highest BCUT2D eigenvalue weighted by Crippen LogP contribution is 2.21. The van der Waals surface area contributed by atoms with E-state index >= 15 is 0 Å². The van der Waals surface area contributed by atoms with Gasteiger partial charge in [0.05, 0.1) is 25.1 Å². The molecular formula is C15H23NO4S. The van der Waals surface area contributed by atoms with Crippen molar-refractivity contribution in [2.24, 2.45) is 0 Å². The smallest absolute Gasteiger partial charge is 0.232 e. The molecule has 1 aromatic rings. The number of hydrogen-bond donors (Lipinski definition) is 1. The molecule has 0 aliphatic rings. The van der Waals surface area contributed by atoms with Crippen LogP contribution in [0, 0.1) is 0 Å². The molecule has 1 amide bonds. The number of carbonyl (C=O) groups is 1. The largest absolute Gasteiger partial charge is 0.494 e. The number of nitrogens with zero attached hydrogens (tertiary/aromatic N) is 1. The first kappa shape index (κ1) is 17.8. The number of likely N-dealkylation sites (N-methyl/N-ethyl adjacent to an activating group) is 1. The van der Waals surface area contributed by atoms with Crippen molar-refractivity contribution in [3.8, 4) is 5.75 Å². The minimum Gasteiger partial charge on any atom is -0.494 e. The minimum absolute atomic E-state index is 0.0240. The third kappa shape index (κ3) is 6.84. The summed E-state index contributed by atoms with van der Waals surface area (Å²) in [4.78, 5) is 14.5. The number of thioether (sulfide) groups is 1. The van der Waals surface area contributed by atoms with Crippen molar-refractivity contribution in [1.82, 2.24) is 4.90 Å². The number of carbonyl (C=O) groups excluding carboxylic acids is 1. The number of rotatable bonds is 9. The van der Waals surface area contributed by atoms with E-state index in [4.69, 9.17) is 9.47 Å². The van der Waals surface area contributed by atoms with Gasteiger partial charge >= 0.3 is 0 Å². The minimum atomic E-state index is -0.653. The van der Waals surface area contributed by atoms with E-state index in [-0.39, 0.29) is 19.1 Å². The molecule has 0 saturated heterocycles. The van der Waals surface area contributed by atoms with E-state index in [0.29, 0.717) is 12.4 Å². The summed E-state index contributed by atoms with van der Waals surface area (Å²) in [6, 6.07) is 7.65. The molecule has 1 atom stereocenters. The van der Waals surface area contributed by atoms with E-state index in [1.54, 1.807) is 7.05 Å². The van der Waals surface area contributed by atoms with Crippen LogP contribution >= 0.6 is 11.8 Å². The van der Waals surface area contributed by atoms with Gasteiger partial charge in [-0.3, -0.25) is 4.79 Å². The molecule has 0 bridgehead atoms. The van der Waals surface area contributed by atoms with Gasteiger partial charge in [-0.1, -0.05) is 0 Å². The predicted molar refractivity (Wildman–Crippen MR) is 83.9 cm³/mol. The van der Waals surface area contributed by atoms with Gasteiger partial charge in [0.2, 0.25) is 5.91 Å². The maximum Gasteiger partial charge on any atom is 0.232 e. The highest BCUT2D eigenvalue weighted by Gasteiger charge is 2.13. The first-order chi connectivity index (χ1) is 10.1. The molecule has 0 aliphatic heterocycles. The van der Waals surface area contributed by atoms with Crippen molar-refractivity contribution < 1.29 is 19.4 Å². The molecule has 1 aromatic carbocycles. The van der Waals surface area contributed by atoms with Crippen molar-refractivity contribution in [3.63, 3.8) is 0 Å².